The zero-order valence-electron chi connectivity index (χ0n) is 11.5. The summed E-state index contributed by atoms with van der Waals surface area (Å²) in [5, 5.41) is 0. The van der Waals surface area contributed by atoms with E-state index in [0.29, 0.717) is 0 Å². The molecule has 73 valence electrons. The van der Waals surface area contributed by atoms with Gasteiger partial charge in [-0.25, -0.2) is 0 Å². The molecule has 0 aromatic rings. The zero-order chi connectivity index (χ0) is 14.1. The van der Waals surface area contributed by atoms with Crippen molar-refractivity contribution in [1.29, 1.82) is 0 Å². The van der Waals surface area contributed by atoms with Crippen LogP contribution >= 0.6 is 0 Å². The van der Waals surface area contributed by atoms with Crippen LogP contribution in [0.25, 0.3) is 0 Å². The summed E-state index contributed by atoms with van der Waals surface area (Å²) in [5.41, 5.74) is 0. The Kier molecular flexibility index (Phi) is 39.3. The van der Waals surface area contributed by atoms with E-state index in [1.54, 1.807) is 0 Å². The summed E-state index contributed by atoms with van der Waals surface area (Å²) in [6, 6.07) is 0. The van der Waals surface area contributed by atoms with Gasteiger partial charge in [-0.1, -0.05) is 41.0 Å². The maximum Gasteiger partial charge on any atom is 0 e. The van der Waals surface area contributed by atoms with E-state index in [1.165, 1.54) is 13.5 Å². The van der Waals surface area contributed by atoms with E-state index in [0.717, 1.165) is 5.92 Å². The summed E-state index contributed by atoms with van der Waals surface area (Å²) in [4.78, 5) is 0. The van der Waals surface area contributed by atoms with Crippen LogP contribution in [0.4, 0.5) is 0 Å². The van der Waals surface area contributed by atoms with Crippen molar-refractivity contribution in [3.05, 3.63) is 0 Å². The van der Waals surface area contributed by atoms with Crippen molar-refractivity contribution in [1.82, 2.24) is 0 Å². The molecule has 0 amide bonds. The van der Waals surface area contributed by atoms with E-state index in [1.807, 2.05) is 0 Å². The van der Waals surface area contributed by atoms with Crippen LogP contribution in [0.3, 0.4) is 0 Å². The molecule has 16 heavy (non-hydrogen) atoms. The third kappa shape index (κ3) is 403. The Hall–Kier alpha value is 0.584. The third-order valence-electron chi connectivity index (χ3n) is 0.222. The lowest BCUT2D eigenvalue weighted by Gasteiger charge is -1.85. The van der Waals surface area contributed by atoms with Gasteiger partial charge in [0.05, 0.1) is 0 Å². The maximum atomic E-state index is 4.89. The largest absolute Gasteiger partial charge is 0.0656 e. The van der Waals surface area contributed by atoms with E-state index in [2.05, 4.69) is 57.8 Å². The second kappa shape index (κ2) is 24.7. The second-order valence-corrected chi connectivity index (χ2v) is 3.79. The molecule has 0 spiro atoms. The molecule has 0 bridgehead atoms. The summed E-state index contributed by atoms with van der Waals surface area (Å²) in [5.74, 6) is 0.833. The van der Waals surface area contributed by atoms with Crippen LogP contribution in [0.5, 0.6) is 0 Å². The molecule has 0 saturated carbocycles. The molecular weight excluding hydrogens is 181 g/mol. The Bertz CT molecular complexity index is 74.4. The predicted octanol–water partition coefficient (Wildman–Crippen LogP) is -0.349. The minimum atomic E-state index is -0.667. The molecule has 0 atom stereocenters. The molecule has 0 nitrogen and oxygen atoms in total. The van der Waals surface area contributed by atoms with Gasteiger partial charge in [0.2, 0.25) is 0 Å². The molecule has 0 aromatic heterocycles. The normalized spacial score (nSPS) is 6.88. The van der Waals surface area contributed by atoms with Gasteiger partial charge in [0.1, 0.15) is 0 Å². The summed E-state index contributed by atoms with van der Waals surface area (Å²) < 4.78 is 0. The first-order valence-electron chi connectivity index (χ1n) is 5.48. The smallest absolute Gasteiger partial charge is 0 e. The van der Waals surface area contributed by atoms with Crippen molar-refractivity contribution in [2.24, 2.45) is 5.92 Å². The second-order valence-electron chi connectivity index (χ2n) is 3.79. The van der Waals surface area contributed by atoms with Crippen LogP contribution in [-0.4, -0.2) is 66.3 Å². The van der Waals surface area contributed by atoms with Crippen LogP contribution in [-0.2, 0) is 0 Å². The van der Waals surface area contributed by atoms with E-state index in [9.17, 15) is 0 Å². The van der Waals surface area contributed by atoms with E-state index < -0.39 is 12.8 Å². The quantitative estimate of drug-likeness (QED) is 0.507. The van der Waals surface area contributed by atoms with E-state index in [-0.39, 0.29) is 0 Å². The molecular formula is C7H18B9. The average Bonchev–Trinajstić information content (AvgIpc) is 2.03. The summed E-state index contributed by atoms with van der Waals surface area (Å²) in [6.45, 7) is 10.8. The molecule has 13 radical (unpaired) electrons. The van der Waals surface area contributed by atoms with Crippen molar-refractivity contribution in [3.63, 3.8) is 0 Å². The standard InChI is InChI=1S/C4H10.C3H8.B5.B4/c1-4(2)3;1-3-2;1-4-5(2)3;1-4(2)3/h4H,1-3H3;3H2,1-2H3;;. The van der Waals surface area contributed by atoms with Gasteiger partial charge in [-0.2, -0.15) is 0 Å². The number of rotatable bonds is 1. The fourth-order valence-corrected chi connectivity index (χ4v) is 0. The highest BCUT2D eigenvalue weighted by molar-refractivity contribution is 7.60. The van der Waals surface area contributed by atoms with Crippen molar-refractivity contribution in [3.8, 4) is 0 Å². The number of hydrogen-bond donors (Lipinski definition) is 0. The highest BCUT2D eigenvalue weighted by atomic mass is 13.7. The van der Waals surface area contributed by atoms with Gasteiger partial charge in [-0.05, 0) is 5.92 Å². The lowest BCUT2D eigenvalue weighted by atomic mass is 8.97. The molecule has 9 heteroatoms. The highest BCUT2D eigenvalue weighted by Gasteiger charge is 1.85. The van der Waals surface area contributed by atoms with Crippen LogP contribution in [0, 0.1) is 5.92 Å². The van der Waals surface area contributed by atoms with Crippen LogP contribution < -0.4 is 0 Å². The molecule has 0 aromatic carbocycles. The first kappa shape index (κ1) is 25.4. The van der Waals surface area contributed by atoms with Gasteiger partial charge in [-0.15, -0.1) is 0 Å². The Balaban J connectivity index is -0.0000000610. The van der Waals surface area contributed by atoms with Crippen molar-refractivity contribution in [2.75, 3.05) is 0 Å². The van der Waals surface area contributed by atoms with Crippen molar-refractivity contribution >= 4 is 66.3 Å². The maximum absolute atomic E-state index is 4.89. The van der Waals surface area contributed by atoms with Gasteiger partial charge >= 0.3 is 0 Å². The molecule has 0 rings (SSSR count). The molecule has 0 heterocycles. The van der Waals surface area contributed by atoms with Crippen LogP contribution in [0.2, 0.25) is 0 Å². The van der Waals surface area contributed by atoms with Gasteiger partial charge in [0.15, 0.2) is 0 Å². The fourth-order valence-electron chi connectivity index (χ4n) is 0. The van der Waals surface area contributed by atoms with Crippen LogP contribution in [0.1, 0.15) is 41.0 Å². The lowest BCUT2D eigenvalue weighted by Crippen LogP contribution is -2.23. The highest BCUT2D eigenvalue weighted by Crippen LogP contribution is 1.81. The summed E-state index contributed by atoms with van der Waals surface area (Å²) in [7, 11) is 29.8. The number of hydrogen-bond acceptors (Lipinski definition) is 0. The molecule has 0 saturated heterocycles. The molecule has 0 aliphatic heterocycles. The minimum Gasteiger partial charge on any atom is -0.0656 e. The van der Waals surface area contributed by atoms with Crippen molar-refractivity contribution < 1.29 is 0 Å². The Morgan fingerprint density at radius 1 is 0.938 bits per heavy atom. The third-order valence-corrected chi connectivity index (χ3v) is 0.222. The van der Waals surface area contributed by atoms with E-state index in [4.69, 9.17) is 23.2 Å². The van der Waals surface area contributed by atoms with Crippen molar-refractivity contribution in [2.45, 2.75) is 41.0 Å². The van der Waals surface area contributed by atoms with Gasteiger partial charge in [0.25, 0.3) is 0 Å². The van der Waals surface area contributed by atoms with Gasteiger partial charge in [-0.3, -0.25) is 0 Å². The molecule has 0 unspecified atom stereocenters. The summed E-state index contributed by atoms with van der Waals surface area (Å²) >= 11 is 0. The minimum absolute atomic E-state index is 0.463. The first-order chi connectivity index (χ1) is 7.15. The monoisotopic (exact) mass is 201 g/mol. The lowest BCUT2D eigenvalue weighted by molar-refractivity contribution is 0.737. The molecule has 0 N–H and O–H groups in total. The van der Waals surface area contributed by atoms with Gasteiger partial charge < -0.3 is 0 Å². The Morgan fingerprint density at radius 2 is 1.00 bits per heavy atom. The SMILES string of the molecule is CC(C)C.CCC.[B]B([B])[B].[B][B]B([B])[B]. The van der Waals surface area contributed by atoms with Gasteiger partial charge in [0, 0.05) is 66.3 Å². The van der Waals surface area contributed by atoms with E-state index >= 15 is 0 Å². The molecule has 0 aliphatic rings. The Morgan fingerprint density at radius 3 is 1.00 bits per heavy atom. The first-order valence-corrected chi connectivity index (χ1v) is 5.48. The Labute approximate surface area is 113 Å². The molecule has 0 aliphatic carbocycles. The fraction of sp³-hybridized carbons (Fsp3) is 1.00. The average molecular weight is 200 g/mol. The van der Waals surface area contributed by atoms with Crippen LogP contribution in [0.15, 0.2) is 0 Å². The summed E-state index contributed by atoms with van der Waals surface area (Å²) in [6.07, 6.45) is 0.120. The topological polar surface area (TPSA) is 0 Å². The molecule has 0 fully saturated rings. The predicted molar refractivity (Wildman–Crippen MR) is 88.3 cm³/mol. The zero-order valence-corrected chi connectivity index (χ0v) is 11.5.